The Bertz CT molecular complexity index is 503. The van der Waals surface area contributed by atoms with Crippen molar-refractivity contribution in [2.45, 2.75) is 6.10 Å². The number of thiophene rings is 1. The molecule has 1 aliphatic heterocycles. The smallest absolute Gasteiger partial charge is 0.355 e. The number of ether oxygens (including phenoxy) is 3. The van der Waals surface area contributed by atoms with Crippen molar-refractivity contribution in [1.82, 2.24) is 0 Å². The largest absolute Gasteiger partial charge is 0.469 e. The molecule has 0 aromatic carbocycles. The minimum Gasteiger partial charge on any atom is -0.469 e. The van der Waals surface area contributed by atoms with E-state index in [2.05, 4.69) is 9.47 Å². The first-order valence-electron chi connectivity index (χ1n) is 4.58. The molecule has 1 unspecified atom stereocenters. The molecule has 6 nitrogen and oxygen atoms in total. The Balaban J connectivity index is 2.37. The van der Waals surface area contributed by atoms with Crippen LogP contribution >= 0.6 is 11.3 Å². The lowest BCUT2D eigenvalue weighted by molar-refractivity contribution is -0.145. The molecule has 17 heavy (non-hydrogen) atoms. The first-order chi connectivity index (χ1) is 8.10. The second-order valence-corrected chi connectivity index (χ2v) is 4.06. The summed E-state index contributed by atoms with van der Waals surface area (Å²) in [4.78, 5) is 34.7. The number of carbonyl (C=O) groups excluding carboxylic acids is 3. The normalized spacial score (nSPS) is 17.3. The van der Waals surface area contributed by atoms with Crippen LogP contribution in [0.15, 0.2) is 5.38 Å². The van der Waals surface area contributed by atoms with Crippen molar-refractivity contribution in [3.8, 4) is 5.75 Å². The van der Waals surface area contributed by atoms with Gasteiger partial charge in [-0.05, 0) is 0 Å². The van der Waals surface area contributed by atoms with Crippen LogP contribution in [0.1, 0.15) is 20.0 Å². The van der Waals surface area contributed by atoms with Gasteiger partial charge in [0.25, 0.3) is 6.10 Å². The van der Waals surface area contributed by atoms with Crippen LogP contribution in [0.2, 0.25) is 0 Å². The van der Waals surface area contributed by atoms with Crippen molar-refractivity contribution in [2.24, 2.45) is 0 Å². The maximum Gasteiger partial charge on any atom is 0.355 e. The van der Waals surface area contributed by atoms with Gasteiger partial charge in [-0.3, -0.25) is 4.79 Å². The summed E-state index contributed by atoms with van der Waals surface area (Å²) in [5.41, 5.74) is 0.0947. The number of fused-ring (bicyclic) bond motifs is 1. The third-order valence-electron chi connectivity index (χ3n) is 2.27. The van der Waals surface area contributed by atoms with Gasteiger partial charge in [-0.1, -0.05) is 0 Å². The number of Topliss-reactive ketones (excluding diaryl/α,β-unsaturated/α-hetero) is 1. The molecule has 7 heteroatoms. The summed E-state index contributed by atoms with van der Waals surface area (Å²) in [7, 11) is 2.37. The summed E-state index contributed by atoms with van der Waals surface area (Å²) in [6.07, 6.45) is -1.32. The average Bonchev–Trinajstić information content (AvgIpc) is 2.88. The molecule has 0 bridgehead atoms. The Morgan fingerprint density at radius 2 is 2.06 bits per heavy atom. The van der Waals surface area contributed by atoms with E-state index in [0.29, 0.717) is 0 Å². The summed E-state index contributed by atoms with van der Waals surface area (Å²) >= 11 is 1.04. The summed E-state index contributed by atoms with van der Waals surface area (Å²) in [6.45, 7) is 0. The maximum absolute atomic E-state index is 11.9. The van der Waals surface area contributed by atoms with Crippen LogP contribution in [-0.4, -0.2) is 38.0 Å². The van der Waals surface area contributed by atoms with Gasteiger partial charge in [-0.25, -0.2) is 9.59 Å². The molecule has 90 valence electrons. The standard InChI is InChI=1S/C10H8O6S/c1-14-9(12)7-6(11)5-4(16-7)3-17-8(5)10(13)15-2/h3,7H,1-2H3. The molecule has 0 spiro atoms. The van der Waals surface area contributed by atoms with Crippen molar-refractivity contribution >= 4 is 29.1 Å². The molecule has 1 aromatic rings. The molecule has 0 saturated heterocycles. The van der Waals surface area contributed by atoms with Gasteiger partial charge >= 0.3 is 11.9 Å². The molecule has 0 aliphatic carbocycles. The molecule has 0 N–H and O–H groups in total. The number of carbonyl (C=O) groups is 3. The van der Waals surface area contributed by atoms with E-state index in [1.54, 1.807) is 0 Å². The Morgan fingerprint density at radius 3 is 2.65 bits per heavy atom. The summed E-state index contributed by atoms with van der Waals surface area (Å²) < 4.78 is 14.1. The van der Waals surface area contributed by atoms with Gasteiger partial charge in [-0.2, -0.15) is 0 Å². The Morgan fingerprint density at radius 1 is 1.35 bits per heavy atom. The number of ketones is 1. The first kappa shape index (κ1) is 11.6. The van der Waals surface area contributed by atoms with Crippen molar-refractivity contribution in [2.75, 3.05) is 14.2 Å². The maximum atomic E-state index is 11.9. The summed E-state index contributed by atoms with van der Waals surface area (Å²) in [5.74, 6) is -1.77. The minimum atomic E-state index is -1.32. The van der Waals surface area contributed by atoms with Gasteiger partial charge in [0.1, 0.15) is 10.6 Å². The number of rotatable bonds is 2. The van der Waals surface area contributed by atoms with E-state index in [1.807, 2.05) is 0 Å². The van der Waals surface area contributed by atoms with E-state index in [1.165, 1.54) is 12.5 Å². The third-order valence-corrected chi connectivity index (χ3v) is 3.21. The van der Waals surface area contributed by atoms with Gasteiger partial charge in [0.15, 0.2) is 0 Å². The molecule has 2 heterocycles. The van der Waals surface area contributed by atoms with Crippen molar-refractivity contribution in [1.29, 1.82) is 0 Å². The molecule has 1 atom stereocenters. The van der Waals surface area contributed by atoms with Gasteiger partial charge < -0.3 is 14.2 Å². The van der Waals surface area contributed by atoms with E-state index in [9.17, 15) is 14.4 Å². The number of methoxy groups -OCH3 is 2. The van der Waals surface area contributed by atoms with E-state index in [-0.39, 0.29) is 16.2 Å². The molecule has 2 rings (SSSR count). The van der Waals surface area contributed by atoms with Crippen LogP contribution in [0.25, 0.3) is 0 Å². The number of hydrogen-bond acceptors (Lipinski definition) is 7. The van der Waals surface area contributed by atoms with Crippen molar-refractivity contribution in [3.63, 3.8) is 0 Å². The molecule has 0 fully saturated rings. The quantitative estimate of drug-likeness (QED) is 0.571. The minimum absolute atomic E-state index is 0.0947. The van der Waals surface area contributed by atoms with E-state index in [0.717, 1.165) is 18.4 Å². The molecule has 0 saturated carbocycles. The molecular formula is C10H8O6S. The van der Waals surface area contributed by atoms with Crippen LogP contribution < -0.4 is 4.74 Å². The van der Waals surface area contributed by atoms with Gasteiger partial charge in [0.05, 0.1) is 19.8 Å². The number of hydrogen-bond donors (Lipinski definition) is 0. The second-order valence-electron chi connectivity index (χ2n) is 3.18. The first-order valence-corrected chi connectivity index (χ1v) is 5.46. The highest BCUT2D eigenvalue weighted by atomic mass is 32.1. The van der Waals surface area contributed by atoms with Crippen LogP contribution in [-0.2, 0) is 14.3 Å². The topological polar surface area (TPSA) is 78.9 Å². The fourth-order valence-electron chi connectivity index (χ4n) is 1.48. The van der Waals surface area contributed by atoms with Crippen LogP contribution in [0.4, 0.5) is 0 Å². The van der Waals surface area contributed by atoms with Crippen molar-refractivity contribution < 1.29 is 28.6 Å². The molecule has 0 radical (unpaired) electrons. The fourth-order valence-corrected chi connectivity index (χ4v) is 2.38. The third kappa shape index (κ3) is 1.68. The zero-order valence-electron chi connectivity index (χ0n) is 9.01. The molecule has 1 aliphatic rings. The SMILES string of the molecule is COC(=O)c1scc2c1C(=O)C(C(=O)OC)O2. The predicted octanol–water partition coefficient (Wildman–Crippen LogP) is 0.651. The molecule has 1 aromatic heterocycles. The second kappa shape index (κ2) is 4.17. The Labute approximate surface area is 100 Å². The van der Waals surface area contributed by atoms with Crippen molar-refractivity contribution in [3.05, 3.63) is 15.8 Å². The number of esters is 2. The lowest BCUT2D eigenvalue weighted by atomic mass is 10.1. The van der Waals surface area contributed by atoms with E-state index in [4.69, 9.17) is 4.74 Å². The Kier molecular flexibility index (Phi) is 2.84. The van der Waals surface area contributed by atoms with Gasteiger partial charge in [0, 0.05) is 5.38 Å². The monoisotopic (exact) mass is 256 g/mol. The summed E-state index contributed by atoms with van der Waals surface area (Å²) in [6, 6.07) is 0. The fraction of sp³-hybridized carbons (Fsp3) is 0.300. The van der Waals surface area contributed by atoms with E-state index >= 15 is 0 Å². The van der Waals surface area contributed by atoms with Gasteiger partial charge in [0.2, 0.25) is 5.78 Å². The van der Waals surface area contributed by atoms with E-state index < -0.39 is 23.8 Å². The lowest BCUT2D eigenvalue weighted by Gasteiger charge is -2.05. The zero-order valence-corrected chi connectivity index (χ0v) is 9.83. The van der Waals surface area contributed by atoms with Gasteiger partial charge in [-0.15, -0.1) is 11.3 Å². The Hall–Kier alpha value is -1.89. The highest BCUT2D eigenvalue weighted by molar-refractivity contribution is 7.12. The van der Waals surface area contributed by atoms with Crippen LogP contribution in [0, 0.1) is 0 Å². The average molecular weight is 256 g/mol. The zero-order chi connectivity index (χ0) is 12.6. The highest BCUT2D eigenvalue weighted by Gasteiger charge is 2.43. The van der Waals surface area contributed by atoms with Crippen LogP contribution in [0.5, 0.6) is 5.75 Å². The molecule has 0 amide bonds. The van der Waals surface area contributed by atoms with Crippen LogP contribution in [0.3, 0.4) is 0 Å². The predicted molar refractivity (Wildman–Crippen MR) is 56.4 cm³/mol. The highest BCUT2D eigenvalue weighted by Crippen LogP contribution is 2.37. The summed E-state index contributed by atoms with van der Waals surface area (Å²) in [5, 5.41) is 1.49. The molecular weight excluding hydrogens is 248 g/mol. The lowest BCUT2D eigenvalue weighted by Crippen LogP contribution is -2.32.